The SMILES string of the molecule is C[C@H]1C(O)[C@@H](O)C(CO)O[C@H]1O[C@@H]1C(O)[C@@H](O[C@H]2C(CO)O[C@@H](O[C@@H]3C(CO)O[C@@H](O)[C@@H](O)C3O)[C@@H](O)C2O)OC(CO)[C@@H]1O. The van der Waals surface area contributed by atoms with Gasteiger partial charge in [0.2, 0.25) is 0 Å². The fraction of sp³-hybridized carbons (Fsp3) is 1.00. The average Bonchev–Trinajstić information content (AvgIpc) is 3.03. The van der Waals surface area contributed by atoms with Crippen LogP contribution in [0.2, 0.25) is 0 Å². The van der Waals surface area contributed by atoms with Crippen LogP contribution in [0.1, 0.15) is 6.92 Å². The lowest BCUT2D eigenvalue weighted by Gasteiger charge is -2.49. The highest BCUT2D eigenvalue weighted by Crippen LogP contribution is 2.35. The Morgan fingerprint density at radius 1 is 0.400 bits per heavy atom. The summed E-state index contributed by atoms with van der Waals surface area (Å²) in [7, 11) is 0. The summed E-state index contributed by atoms with van der Waals surface area (Å²) < 4.78 is 38.4. The average molecular weight is 665 g/mol. The molecule has 4 heterocycles. The van der Waals surface area contributed by atoms with E-state index in [9.17, 15) is 66.4 Å². The van der Waals surface area contributed by atoms with Crippen LogP contribution in [0.25, 0.3) is 0 Å². The molecule has 45 heavy (non-hydrogen) atoms. The second-order valence-corrected chi connectivity index (χ2v) is 11.5. The highest BCUT2D eigenvalue weighted by atomic mass is 16.8. The van der Waals surface area contributed by atoms with E-state index in [-0.39, 0.29) is 0 Å². The minimum absolute atomic E-state index is 0.695. The third-order valence-corrected chi connectivity index (χ3v) is 8.54. The largest absolute Gasteiger partial charge is 0.394 e. The van der Waals surface area contributed by atoms with E-state index in [0.717, 1.165) is 0 Å². The Kier molecular flexibility index (Phi) is 12.8. The van der Waals surface area contributed by atoms with E-state index in [1.165, 1.54) is 6.92 Å². The van der Waals surface area contributed by atoms with Crippen LogP contribution < -0.4 is 0 Å². The summed E-state index contributed by atoms with van der Waals surface area (Å²) in [6.45, 7) is -1.75. The zero-order valence-electron chi connectivity index (χ0n) is 24.0. The first-order valence-electron chi connectivity index (χ1n) is 14.4. The second kappa shape index (κ2) is 15.6. The maximum Gasteiger partial charge on any atom is 0.187 e. The van der Waals surface area contributed by atoms with Crippen molar-refractivity contribution < 1.29 is 99.5 Å². The van der Waals surface area contributed by atoms with Gasteiger partial charge in [0.25, 0.3) is 0 Å². The minimum atomic E-state index is -1.99. The van der Waals surface area contributed by atoms with E-state index in [1.807, 2.05) is 0 Å². The van der Waals surface area contributed by atoms with Crippen molar-refractivity contribution >= 4 is 0 Å². The molecular weight excluding hydrogens is 620 g/mol. The fourth-order valence-corrected chi connectivity index (χ4v) is 5.73. The molecule has 4 rings (SSSR count). The van der Waals surface area contributed by atoms with Crippen LogP contribution in [0.5, 0.6) is 0 Å². The lowest BCUT2D eigenvalue weighted by atomic mass is 9.92. The number of rotatable bonds is 10. The molecule has 0 bridgehead atoms. The molecule has 0 aromatic rings. The molecule has 0 saturated carbocycles. The van der Waals surface area contributed by atoms with Crippen molar-refractivity contribution in [1.82, 2.24) is 0 Å². The molecule has 0 aromatic heterocycles. The van der Waals surface area contributed by atoms with E-state index < -0.39 is 149 Å². The standard InChI is InChI=1S/C25H44O20/c1-6-11(30)12(31)7(2-26)40-23(6)45-21-13(32)8(3-27)41-25(18(21)37)44-20-10(5-29)42-24(17(36)15(20)34)43-19-9(4-28)39-22(38)16(35)14(19)33/h6-38H,2-5H2,1H3/t6-,7?,8?,9?,10?,11?,12-,13-,14?,15?,16-,17-,18?,19+,20-,21-,22+,23-,24-,25+/m0/s1. The fourth-order valence-electron chi connectivity index (χ4n) is 5.73. The van der Waals surface area contributed by atoms with Crippen molar-refractivity contribution in [3.63, 3.8) is 0 Å². The summed E-state index contributed by atoms with van der Waals surface area (Å²) in [6.07, 6.45) is -31.6. The maximum atomic E-state index is 11.1. The first kappa shape index (κ1) is 37.0. The van der Waals surface area contributed by atoms with Crippen molar-refractivity contribution in [3.05, 3.63) is 0 Å². The van der Waals surface area contributed by atoms with E-state index in [4.69, 9.17) is 33.2 Å². The van der Waals surface area contributed by atoms with Gasteiger partial charge in [0.15, 0.2) is 25.2 Å². The van der Waals surface area contributed by atoms with Gasteiger partial charge in [-0.2, -0.15) is 0 Å². The molecule has 0 aliphatic carbocycles. The Morgan fingerprint density at radius 2 is 0.822 bits per heavy atom. The van der Waals surface area contributed by atoms with E-state index in [0.29, 0.717) is 0 Å². The summed E-state index contributed by atoms with van der Waals surface area (Å²) in [5.41, 5.74) is 0. The molecule has 0 radical (unpaired) electrons. The lowest BCUT2D eigenvalue weighted by molar-refractivity contribution is -0.386. The molecule has 4 aliphatic rings. The van der Waals surface area contributed by atoms with Crippen molar-refractivity contribution in [2.75, 3.05) is 26.4 Å². The van der Waals surface area contributed by atoms with Crippen LogP contribution in [-0.4, -0.2) is 210 Å². The Hall–Kier alpha value is -0.800. The van der Waals surface area contributed by atoms with Crippen molar-refractivity contribution in [2.45, 2.75) is 124 Å². The number of aliphatic hydroxyl groups is 13. The molecule has 0 aromatic carbocycles. The molecule has 20 heteroatoms. The minimum Gasteiger partial charge on any atom is -0.394 e. The van der Waals surface area contributed by atoms with Gasteiger partial charge in [0.05, 0.1) is 32.5 Å². The maximum absolute atomic E-state index is 11.1. The highest BCUT2D eigenvalue weighted by Gasteiger charge is 2.54. The zero-order chi connectivity index (χ0) is 33.3. The predicted octanol–water partition coefficient (Wildman–Crippen LogP) is -8.47. The van der Waals surface area contributed by atoms with E-state index in [2.05, 4.69) is 0 Å². The molecular formula is C25H44O20. The van der Waals surface area contributed by atoms with E-state index in [1.54, 1.807) is 0 Å². The van der Waals surface area contributed by atoms with Crippen molar-refractivity contribution in [2.24, 2.45) is 5.92 Å². The summed E-state index contributed by atoms with van der Waals surface area (Å²) in [5, 5.41) is 133. The summed E-state index contributed by atoms with van der Waals surface area (Å²) >= 11 is 0. The molecule has 264 valence electrons. The van der Waals surface area contributed by atoms with Gasteiger partial charge in [-0.05, 0) is 0 Å². The lowest BCUT2D eigenvalue weighted by Crippen LogP contribution is -2.67. The third-order valence-electron chi connectivity index (χ3n) is 8.54. The normalized spacial score (nSPS) is 52.9. The molecule has 13 N–H and O–H groups in total. The van der Waals surface area contributed by atoms with Gasteiger partial charge in [-0.25, -0.2) is 0 Å². The first-order valence-corrected chi connectivity index (χ1v) is 14.4. The Bertz CT molecular complexity index is 912. The Balaban J connectivity index is 1.48. The van der Waals surface area contributed by atoms with Gasteiger partial charge in [-0.1, -0.05) is 6.92 Å². The van der Waals surface area contributed by atoms with Crippen LogP contribution in [0.15, 0.2) is 0 Å². The molecule has 0 spiro atoms. The molecule has 4 aliphatic heterocycles. The second-order valence-electron chi connectivity index (χ2n) is 11.5. The number of hydrogen-bond acceptors (Lipinski definition) is 20. The molecule has 0 amide bonds. The van der Waals surface area contributed by atoms with E-state index >= 15 is 0 Å². The number of aliphatic hydroxyl groups excluding tert-OH is 13. The van der Waals surface area contributed by atoms with Crippen LogP contribution in [0.4, 0.5) is 0 Å². The highest BCUT2D eigenvalue weighted by molar-refractivity contribution is 4.97. The van der Waals surface area contributed by atoms with Crippen LogP contribution in [-0.2, 0) is 33.2 Å². The molecule has 4 saturated heterocycles. The molecule has 20 nitrogen and oxygen atoms in total. The van der Waals surface area contributed by atoms with Crippen molar-refractivity contribution in [1.29, 1.82) is 0 Å². The van der Waals surface area contributed by atoms with Crippen LogP contribution >= 0.6 is 0 Å². The predicted molar refractivity (Wildman–Crippen MR) is 137 cm³/mol. The summed E-state index contributed by atoms with van der Waals surface area (Å²) in [4.78, 5) is 0. The van der Waals surface area contributed by atoms with Crippen LogP contribution in [0.3, 0.4) is 0 Å². The quantitative estimate of drug-likeness (QED) is 0.103. The number of ether oxygens (including phenoxy) is 7. The monoisotopic (exact) mass is 664 g/mol. The number of hydrogen-bond donors (Lipinski definition) is 13. The summed E-state index contributed by atoms with van der Waals surface area (Å²) in [5.74, 6) is -0.931. The van der Waals surface area contributed by atoms with Gasteiger partial charge in [-0.15, -0.1) is 0 Å². The Labute approximate surface area is 256 Å². The van der Waals surface area contributed by atoms with Gasteiger partial charge in [0, 0.05) is 5.92 Å². The van der Waals surface area contributed by atoms with Gasteiger partial charge < -0.3 is 99.5 Å². The van der Waals surface area contributed by atoms with Gasteiger partial charge >= 0.3 is 0 Å². The van der Waals surface area contributed by atoms with Gasteiger partial charge in [-0.3, -0.25) is 0 Å². The zero-order valence-corrected chi connectivity index (χ0v) is 24.0. The van der Waals surface area contributed by atoms with Crippen LogP contribution in [0, 0.1) is 5.92 Å². The molecule has 8 unspecified atom stereocenters. The topological polar surface area (TPSA) is 328 Å². The van der Waals surface area contributed by atoms with Gasteiger partial charge in [0.1, 0.15) is 85.5 Å². The van der Waals surface area contributed by atoms with Crippen molar-refractivity contribution in [3.8, 4) is 0 Å². The molecule has 20 atom stereocenters. The molecule has 4 fully saturated rings. The first-order chi connectivity index (χ1) is 21.3. The smallest absolute Gasteiger partial charge is 0.187 e. The Morgan fingerprint density at radius 3 is 1.38 bits per heavy atom. The summed E-state index contributed by atoms with van der Waals surface area (Å²) in [6, 6.07) is 0. The third kappa shape index (κ3) is 7.45.